The normalized spacial score (nSPS) is 13.3. The van der Waals surface area contributed by atoms with Gasteiger partial charge in [0.15, 0.2) is 23.1 Å². The highest BCUT2D eigenvalue weighted by Gasteiger charge is 2.20. The maximum atomic E-state index is 8.81. The summed E-state index contributed by atoms with van der Waals surface area (Å²) in [5.74, 6) is 0.615. The molecule has 238 valence electrons. The largest absolute Gasteiger partial charge is 0.454 e. The van der Waals surface area contributed by atoms with E-state index in [1.807, 2.05) is 66.7 Å². The first kappa shape index (κ1) is 23.7. The first-order valence-electron chi connectivity index (χ1n) is 19.0. The summed E-state index contributed by atoms with van der Waals surface area (Å²) >= 11 is 1.67. The highest BCUT2D eigenvalue weighted by molar-refractivity contribution is 7.25. The summed E-state index contributed by atoms with van der Waals surface area (Å²) in [5, 5.41) is 6.12. The number of rotatable bonds is 4. The lowest BCUT2D eigenvalue weighted by atomic mass is 10.0. The van der Waals surface area contributed by atoms with Crippen molar-refractivity contribution in [2.24, 2.45) is 0 Å². The zero-order valence-corrected chi connectivity index (χ0v) is 27.5. The zero-order valence-electron chi connectivity index (χ0n) is 31.7. The van der Waals surface area contributed by atoms with Crippen LogP contribution in [0.5, 0.6) is 0 Å². The van der Waals surface area contributed by atoms with Crippen molar-refractivity contribution < 1.29 is 11.3 Å². The van der Waals surface area contributed by atoms with Crippen LogP contribution >= 0.6 is 11.3 Å². The topological polar surface area (TPSA) is 56.7 Å². The van der Waals surface area contributed by atoms with Gasteiger partial charge in [-0.15, -0.1) is 11.3 Å². The van der Waals surface area contributed by atoms with Crippen LogP contribution in [0.4, 0.5) is 0 Å². The first-order chi connectivity index (χ1) is 27.4. The van der Waals surface area contributed by atoms with E-state index in [9.17, 15) is 0 Å². The second kappa shape index (κ2) is 10.9. The quantitative estimate of drug-likeness (QED) is 0.186. The van der Waals surface area contributed by atoms with Gasteiger partial charge in [0.05, 0.1) is 23.6 Å². The van der Waals surface area contributed by atoms with E-state index in [0.29, 0.717) is 22.8 Å². The van der Waals surface area contributed by atoms with Gasteiger partial charge in [0, 0.05) is 58.4 Å². The molecule has 11 rings (SSSR count). The highest BCUT2D eigenvalue weighted by atomic mass is 32.1. The number of aromatic nitrogens is 4. The molecule has 0 radical (unpaired) electrons. The lowest BCUT2D eigenvalue weighted by Gasteiger charge is -2.09. The van der Waals surface area contributed by atoms with Crippen LogP contribution in [0, 0.1) is 0 Å². The summed E-state index contributed by atoms with van der Waals surface area (Å²) in [4.78, 5) is 14.7. The lowest BCUT2D eigenvalue weighted by molar-refractivity contribution is 0.666. The van der Waals surface area contributed by atoms with Gasteiger partial charge in [0.25, 0.3) is 0 Å². The Balaban J connectivity index is 1.16. The van der Waals surface area contributed by atoms with E-state index in [2.05, 4.69) is 65.2 Å². The molecule has 0 bridgehead atoms. The minimum absolute atomic E-state index is 0.00987. The van der Waals surface area contributed by atoms with Crippen molar-refractivity contribution >= 4 is 75.3 Å². The van der Waals surface area contributed by atoms with Crippen LogP contribution in [0.3, 0.4) is 0 Å². The van der Waals surface area contributed by atoms with Crippen molar-refractivity contribution in [1.82, 2.24) is 19.5 Å². The third-order valence-electron chi connectivity index (χ3n) is 9.56. The number of nitrogens with zero attached hydrogens (tertiary/aromatic N) is 4. The summed E-state index contributed by atoms with van der Waals surface area (Å²) in [5.41, 5.74) is 5.81. The van der Waals surface area contributed by atoms with Crippen molar-refractivity contribution in [2.75, 3.05) is 0 Å². The van der Waals surface area contributed by atoms with E-state index in [4.69, 9.17) is 26.2 Å². The number of hydrogen-bond acceptors (Lipinski definition) is 5. The standard InChI is InChI=1S/C45H26N4OS/c1-2-12-27(13-3-1)43-46-44(48-45(47-43)33-18-11-23-40-41(33)32-16-6-9-22-39(32)51-40)28-24-25-38-34(26-28)31-17-10-21-37(42(31)50-38)49-35-19-7-4-14-29(35)30-15-5-8-20-36(30)49/h1-26H/i1D,2D,3D,12D,13D. The molecule has 0 aliphatic rings. The van der Waals surface area contributed by atoms with Gasteiger partial charge in [-0.3, -0.25) is 0 Å². The molecule has 4 heterocycles. The fourth-order valence-corrected chi connectivity index (χ4v) is 8.47. The molecule has 0 saturated carbocycles. The molecule has 0 saturated heterocycles. The lowest BCUT2D eigenvalue weighted by Crippen LogP contribution is -2.00. The van der Waals surface area contributed by atoms with E-state index in [-0.39, 0.29) is 23.5 Å². The molecule has 7 aromatic carbocycles. The molecular weight excluding hydrogens is 645 g/mol. The van der Waals surface area contributed by atoms with E-state index in [1.165, 1.54) is 0 Å². The predicted molar refractivity (Wildman–Crippen MR) is 211 cm³/mol. The minimum atomic E-state index is -0.481. The second-order valence-electron chi connectivity index (χ2n) is 12.4. The van der Waals surface area contributed by atoms with Crippen molar-refractivity contribution in [2.45, 2.75) is 0 Å². The second-order valence-corrected chi connectivity index (χ2v) is 13.5. The molecule has 0 N–H and O–H groups in total. The summed E-state index contributed by atoms with van der Waals surface area (Å²) in [6.45, 7) is 0. The Kier molecular flexibility index (Phi) is 5.08. The number of thiophene rings is 1. The highest BCUT2D eigenvalue weighted by Crippen LogP contribution is 2.41. The van der Waals surface area contributed by atoms with Gasteiger partial charge in [0.1, 0.15) is 5.58 Å². The average Bonchev–Trinajstić information content (AvgIpc) is 3.92. The smallest absolute Gasteiger partial charge is 0.164 e. The Morgan fingerprint density at radius 3 is 1.98 bits per heavy atom. The third kappa shape index (κ3) is 4.30. The summed E-state index contributed by atoms with van der Waals surface area (Å²) in [7, 11) is 0. The number of benzene rings is 7. The Morgan fingerprint density at radius 1 is 0.529 bits per heavy atom. The summed E-state index contributed by atoms with van der Waals surface area (Å²) < 4.78 is 53.7. The monoisotopic (exact) mass is 675 g/mol. The number of hydrogen-bond donors (Lipinski definition) is 0. The Morgan fingerprint density at radius 2 is 1.18 bits per heavy atom. The van der Waals surface area contributed by atoms with Crippen LogP contribution in [0.15, 0.2) is 162 Å². The Bertz CT molecular complexity index is 3380. The molecule has 11 aromatic rings. The van der Waals surface area contributed by atoms with Gasteiger partial charge in [-0.25, -0.2) is 15.0 Å². The van der Waals surface area contributed by atoms with Gasteiger partial charge in [-0.1, -0.05) is 109 Å². The Labute approximate surface area is 302 Å². The van der Waals surface area contributed by atoms with Crippen LogP contribution in [0.1, 0.15) is 6.85 Å². The van der Waals surface area contributed by atoms with Gasteiger partial charge in [-0.2, -0.15) is 0 Å². The fraction of sp³-hybridized carbons (Fsp3) is 0. The molecule has 6 heteroatoms. The zero-order chi connectivity index (χ0) is 37.8. The maximum absolute atomic E-state index is 8.81. The fourth-order valence-electron chi connectivity index (χ4n) is 7.34. The number of para-hydroxylation sites is 3. The van der Waals surface area contributed by atoms with E-state index in [0.717, 1.165) is 69.6 Å². The molecule has 0 aliphatic heterocycles. The number of furan rings is 1. The molecule has 5 nitrogen and oxygen atoms in total. The molecule has 4 aromatic heterocycles. The van der Waals surface area contributed by atoms with Gasteiger partial charge in [0.2, 0.25) is 0 Å². The van der Waals surface area contributed by atoms with Crippen molar-refractivity contribution in [1.29, 1.82) is 0 Å². The van der Waals surface area contributed by atoms with Crippen LogP contribution in [-0.4, -0.2) is 19.5 Å². The first-order valence-corrected chi connectivity index (χ1v) is 17.4. The number of fused-ring (bicyclic) bond motifs is 9. The molecule has 0 unspecified atom stereocenters. The Hall–Kier alpha value is -6.63. The van der Waals surface area contributed by atoms with Crippen LogP contribution in [0.25, 0.3) is 104 Å². The maximum Gasteiger partial charge on any atom is 0.164 e. The molecule has 51 heavy (non-hydrogen) atoms. The predicted octanol–water partition coefficient (Wildman–Crippen LogP) is 12.2. The van der Waals surface area contributed by atoms with Gasteiger partial charge < -0.3 is 8.98 Å². The van der Waals surface area contributed by atoms with Crippen LogP contribution < -0.4 is 0 Å². The van der Waals surface area contributed by atoms with E-state index >= 15 is 0 Å². The van der Waals surface area contributed by atoms with E-state index in [1.54, 1.807) is 11.3 Å². The van der Waals surface area contributed by atoms with Crippen molar-refractivity contribution in [3.8, 4) is 39.9 Å². The van der Waals surface area contributed by atoms with E-state index < -0.39 is 18.1 Å². The van der Waals surface area contributed by atoms with Crippen LogP contribution in [0.2, 0.25) is 0 Å². The van der Waals surface area contributed by atoms with Crippen molar-refractivity contribution in [3.05, 3.63) is 158 Å². The molecule has 0 amide bonds. The summed E-state index contributed by atoms with van der Waals surface area (Å²) in [6.07, 6.45) is 0. The molecule has 0 atom stereocenters. The van der Waals surface area contributed by atoms with Gasteiger partial charge >= 0.3 is 0 Å². The third-order valence-corrected chi connectivity index (χ3v) is 10.7. The van der Waals surface area contributed by atoms with Crippen molar-refractivity contribution in [3.63, 3.8) is 0 Å². The van der Waals surface area contributed by atoms with Crippen LogP contribution in [-0.2, 0) is 0 Å². The molecule has 0 aliphatic carbocycles. The SMILES string of the molecule is [2H]c1c([2H])c([2H])c(-c2nc(-c3ccc4oc5c(-n6c7ccccc7c7ccccc76)cccc5c4c3)nc(-c3cccc4sc5ccccc5c34)n2)c([2H])c1[2H]. The molecule has 0 fully saturated rings. The van der Waals surface area contributed by atoms with Gasteiger partial charge in [-0.05, 0) is 48.5 Å². The molecule has 0 spiro atoms. The minimum Gasteiger partial charge on any atom is -0.454 e. The average molecular weight is 676 g/mol. The molecular formula is C45H26N4OS. The summed E-state index contributed by atoms with van der Waals surface area (Å²) in [6, 6.07) is 40.6.